The van der Waals surface area contributed by atoms with Crippen LogP contribution in [0.3, 0.4) is 0 Å². The Labute approximate surface area is 107 Å². The molecule has 1 fully saturated rings. The summed E-state index contributed by atoms with van der Waals surface area (Å²) in [6.45, 7) is 4.76. The van der Waals surface area contributed by atoms with E-state index in [2.05, 4.69) is 22.4 Å². The Hall–Kier alpha value is -1.43. The van der Waals surface area contributed by atoms with Crippen molar-refractivity contribution in [3.8, 4) is 0 Å². The Morgan fingerprint density at radius 1 is 1.61 bits per heavy atom. The second-order valence-electron chi connectivity index (χ2n) is 4.76. The third-order valence-electron chi connectivity index (χ3n) is 3.21. The van der Waals surface area contributed by atoms with Crippen LogP contribution in [0.1, 0.15) is 36.7 Å². The second kappa shape index (κ2) is 5.95. The molecule has 18 heavy (non-hydrogen) atoms. The number of hydrogen-bond acceptors (Lipinski definition) is 4. The predicted molar refractivity (Wildman–Crippen MR) is 68.2 cm³/mol. The lowest BCUT2D eigenvalue weighted by molar-refractivity contribution is 0.0688. The molecule has 0 aromatic carbocycles. The summed E-state index contributed by atoms with van der Waals surface area (Å²) < 4.78 is 0. The normalized spacial score (nSPS) is 20.1. The zero-order valence-electron chi connectivity index (χ0n) is 11.1. The Morgan fingerprint density at radius 3 is 3.11 bits per heavy atom. The van der Waals surface area contributed by atoms with E-state index in [9.17, 15) is 4.79 Å². The number of aromatic nitrogens is 3. The largest absolute Gasteiger partial charge is 0.336 e. The first-order valence-corrected chi connectivity index (χ1v) is 6.59. The minimum atomic E-state index is -0.00824. The summed E-state index contributed by atoms with van der Waals surface area (Å²) in [4.78, 5) is 15.5. The fourth-order valence-corrected chi connectivity index (χ4v) is 2.28. The van der Waals surface area contributed by atoms with Gasteiger partial charge in [0.15, 0.2) is 5.69 Å². The van der Waals surface area contributed by atoms with Crippen molar-refractivity contribution < 1.29 is 4.79 Å². The zero-order valence-corrected chi connectivity index (χ0v) is 11.1. The number of carbonyl (C=O) groups is 1. The molecule has 1 aliphatic rings. The van der Waals surface area contributed by atoms with Crippen LogP contribution >= 0.6 is 0 Å². The summed E-state index contributed by atoms with van der Waals surface area (Å²) in [5, 5.41) is 11.5. The lowest BCUT2D eigenvalue weighted by Gasteiger charge is -2.32. The summed E-state index contributed by atoms with van der Waals surface area (Å²) in [5.41, 5.74) is 0.439. The lowest BCUT2D eigenvalue weighted by Crippen LogP contribution is -2.48. The van der Waals surface area contributed by atoms with Gasteiger partial charge in [0.2, 0.25) is 0 Å². The SMILES string of the molecule is CCCNC1CCCN(C(=O)c2cnn(C)n2)C1. The molecule has 0 aliphatic carbocycles. The number of amides is 1. The average molecular weight is 251 g/mol. The highest BCUT2D eigenvalue weighted by atomic mass is 16.2. The van der Waals surface area contributed by atoms with E-state index >= 15 is 0 Å². The molecular weight excluding hydrogens is 230 g/mol. The van der Waals surface area contributed by atoms with Crippen LogP contribution in [0.25, 0.3) is 0 Å². The third-order valence-corrected chi connectivity index (χ3v) is 3.21. The van der Waals surface area contributed by atoms with Crippen LogP contribution in [0.15, 0.2) is 6.20 Å². The number of hydrogen-bond donors (Lipinski definition) is 1. The monoisotopic (exact) mass is 251 g/mol. The quantitative estimate of drug-likeness (QED) is 0.842. The standard InChI is InChI=1S/C12H21N5O/c1-3-6-13-10-5-4-7-17(9-10)12(18)11-8-14-16(2)15-11/h8,10,13H,3-7,9H2,1-2H3. The summed E-state index contributed by atoms with van der Waals surface area (Å²) in [6.07, 6.45) is 4.84. The molecule has 1 aromatic heterocycles. The third kappa shape index (κ3) is 3.07. The molecule has 0 spiro atoms. The van der Waals surface area contributed by atoms with Gasteiger partial charge >= 0.3 is 0 Å². The van der Waals surface area contributed by atoms with Crippen LogP contribution < -0.4 is 5.32 Å². The van der Waals surface area contributed by atoms with Gasteiger partial charge in [0.05, 0.1) is 6.20 Å². The van der Waals surface area contributed by atoms with Gasteiger partial charge in [-0.2, -0.15) is 9.90 Å². The van der Waals surface area contributed by atoms with Crippen molar-refractivity contribution in [1.82, 2.24) is 25.2 Å². The van der Waals surface area contributed by atoms with Gasteiger partial charge in [-0.05, 0) is 25.8 Å². The highest BCUT2D eigenvalue weighted by Gasteiger charge is 2.25. The van der Waals surface area contributed by atoms with Crippen molar-refractivity contribution in [2.75, 3.05) is 19.6 Å². The Morgan fingerprint density at radius 2 is 2.44 bits per heavy atom. The first kappa shape index (κ1) is 13.0. The van der Waals surface area contributed by atoms with Gasteiger partial charge in [-0.25, -0.2) is 0 Å². The van der Waals surface area contributed by atoms with E-state index in [1.807, 2.05) is 4.90 Å². The molecule has 2 rings (SSSR count). The molecule has 6 nitrogen and oxygen atoms in total. The number of aryl methyl sites for hydroxylation is 1. The molecule has 0 saturated carbocycles. The van der Waals surface area contributed by atoms with E-state index in [1.54, 1.807) is 7.05 Å². The van der Waals surface area contributed by atoms with E-state index in [4.69, 9.17) is 0 Å². The lowest BCUT2D eigenvalue weighted by atomic mass is 10.1. The Bertz CT molecular complexity index is 403. The maximum atomic E-state index is 12.2. The topological polar surface area (TPSA) is 63.1 Å². The first-order chi connectivity index (χ1) is 8.70. The van der Waals surface area contributed by atoms with Crippen LogP contribution in [0.5, 0.6) is 0 Å². The van der Waals surface area contributed by atoms with Gasteiger partial charge in [0.1, 0.15) is 0 Å². The number of piperidine rings is 1. The molecule has 0 bridgehead atoms. The maximum absolute atomic E-state index is 12.2. The van der Waals surface area contributed by atoms with Gasteiger partial charge in [0.25, 0.3) is 5.91 Å². The number of carbonyl (C=O) groups excluding carboxylic acids is 1. The molecule has 100 valence electrons. The van der Waals surface area contributed by atoms with Gasteiger partial charge in [-0.1, -0.05) is 6.92 Å². The van der Waals surface area contributed by atoms with E-state index in [1.165, 1.54) is 11.0 Å². The van der Waals surface area contributed by atoms with Crippen molar-refractivity contribution in [3.63, 3.8) is 0 Å². The average Bonchev–Trinajstić information content (AvgIpc) is 2.82. The number of rotatable bonds is 4. The van der Waals surface area contributed by atoms with Crippen LogP contribution in [-0.4, -0.2) is 51.5 Å². The van der Waals surface area contributed by atoms with E-state index in [-0.39, 0.29) is 5.91 Å². The summed E-state index contributed by atoms with van der Waals surface area (Å²) in [6, 6.07) is 0.416. The van der Waals surface area contributed by atoms with Gasteiger partial charge in [-0.15, -0.1) is 5.10 Å². The number of nitrogens with zero attached hydrogens (tertiary/aromatic N) is 4. The van der Waals surface area contributed by atoms with E-state index in [0.29, 0.717) is 11.7 Å². The fourth-order valence-electron chi connectivity index (χ4n) is 2.28. The molecule has 0 radical (unpaired) electrons. The molecule has 2 heterocycles. The molecule has 1 amide bonds. The predicted octanol–water partition coefficient (Wildman–Crippen LogP) is 0.419. The maximum Gasteiger partial charge on any atom is 0.276 e. The smallest absolute Gasteiger partial charge is 0.276 e. The van der Waals surface area contributed by atoms with Crippen LogP contribution in [0.4, 0.5) is 0 Å². The summed E-state index contributed by atoms with van der Waals surface area (Å²) in [7, 11) is 1.72. The van der Waals surface area contributed by atoms with Gasteiger partial charge in [0, 0.05) is 26.2 Å². The molecule has 1 atom stereocenters. The minimum absolute atomic E-state index is 0.00824. The van der Waals surface area contributed by atoms with Gasteiger partial charge in [-0.3, -0.25) is 4.79 Å². The Balaban J connectivity index is 1.94. The zero-order chi connectivity index (χ0) is 13.0. The molecule has 1 saturated heterocycles. The van der Waals surface area contributed by atoms with Crippen molar-refractivity contribution in [3.05, 3.63) is 11.9 Å². The van der Waals surface area contributed by atoms with Crippen LogP contribution in [0.2, 0.25) is 0 Å². The minimum Gasteiger partial charge on any atom is -0.336 e. The summed E-state index contributed by atoms with van der Waals surface area (Å²) in [5.74, 6) is -0.00824. The van der Waals surface area contributed by atoms with E-state index in [0.717, 1.165) is 38.9 Å². The molecular formula is C12H21N5O. The van der Waals surface area contributed by atoms with Crippen molar-refractivity contribution in [2.45, 2.75) is 32.2 Å². The van der Waals surface area contributed by atoms with E-state index < -0.39 is 0 Å². The van der Waals surface area contributed by atoms with Crippen molar-refractivity contribution in [2.24, 2.45) is 7.05 Å². The van der Waals surface area contributed by atoms with Crippen molar-refractivity contribution in [1.29, 1.82) is 0 Å². The number of likely N-dealkylation sites (tertiary alicyclic amines) is 1. The first-order valence-electron chi connectivity index (χ1n) is 6.59. The molecule has 6 heteroatoms. The molecule has 1 N–H and O–H groups in total. The second-order valence-corrected chi connectivity index (χ2v) is 4.76. The number of nitrogens with one attached hydrogen (secondary N) is 1. The van der Waals surface area contributed by atoms with Gasteiger partial charge < -0.3 is 10.2 Å². The highest BCUT2D eigenvalue weighted by molar-refractivity contribution is 5.92. The highest BCUT2D eigenvalue weighted by Crippen LogP contribution is 2.12. The molecule has 1 aromatic rings. The molecule has 1 unspecified atom stereocenters. The fraction of sp³-hybridized carbons (Fsp3) is 0.750. The van der Waals surface area contributed by atoms with Crippen LogP contribution in [-0.2, 0) is 7.05 Å². The summed E-state index contributed by atoms with van der Waals surface area (Å²) >= 11 is 0. The van der Waals surface area contributed by atoms with Crippen LogP contribution in [0, 0.1) is 0 Å². The molecule has 1 aliphatic heterocycles. The van der Waals surface area contributed by atoms with Crippen molar-refractivity contribution >= 4 is 5.91 Å². The Kier molecular flexibility index (Phi) is 4.30.